The van der Waals surface area contributed by atoms with Gasteiger partial charge >= 0.3 is 5.97 Å². The molecule has 0 aromatic heterocycles. The Morgan fingerprint density at radius 1 is 1.47 bits per heavy atom. The summed E-state index contributed by atoms with van der Waals surface area (Å²) in [5.74, 6) is -2.19. The normalized spacial score (nSPS) is 11.5. The summed E-state index contributed by atoms with van der Waals surface area (Å²) < 4.78 is 0. The number of nitrogens with one attached hydrogen (secondary N) is 1. The molecular weight excluding hydrogens is 200 g/mol. The molecule has 0 spiro atoms. The van der Waals surface area contributed by atoms with E-state index in [1.54, 1.807) is 0 Å². The summed E-state index contributed by atoms with van der Waals surface area (Å²) in [5, 5.41) is 10.9. The molecule has 1 unspecified atom stereocenters. The Labute approximate surface area is 87.1 Å². The largest absolute Gasteiger partial charge is 0.480 e. The van der Waals surface area contributed by atoms with Gasteiger partial charge in [0.25, 0.3) is 0 Å². The monoisotopic (exact) mass is 214 g/mol. The number of carbonyl (C=O) groups excluding carboxylic acids is 2. The van der Waals surface area contributed by atoms with Crippen LogP contribution in [0.3, 0.4) is 0 Å². The standard InChI is InChI=1S/C9H14N2O4/c1-2-8(13)11-6(9(14)15)4-3-5-7(10)12/h2,6H,1,3-5H2,(H2,10,12)(H,11,13)(H,14,15). The van der Waals surface area contributed by atoms with E-state index < -0.39 is 23.8 Å². The summed E-state index contributed by atoms with van der Waals surface area (Å²) in [4.78, 5) is 31.9. The van der Waals surface area contributed by atoms with Crippen molar-refractivity contribution in [3.05, 3.63) is 12.7 Å². The zero-order valence-corrected chi connectivity index (χ0v) is 8.23. The maximum absolute atomic E-state index is 10.8. The molecular formula is C9H14N2O4. The highest BCUT2D eigenvalue weighted by molar-refractivity contribution is 5.90. The topological polar surface area (TPSA) is 109 Å². The maximum Gasteiger partial charge on any atom is 0.326 e. The van der Waals surface area contributed by atoms with Gasteiger partial charge in [-0.3, -0.25) is 9.59 Å². The molecule has 84 valence electrons. The van der Waals surface area contributed by atoms with Crippen LogP contribution in [-0.4, -0.2) is 28.9 Å². The van der Waals surface area contributed by atoms with Crippen LogP contribution in [0.2, 0.25) is 0 Å². The summed E-state index contributed by atoms with van der Waals surface area (Å²) in [6.07, 6.45) is 1.58. The number of carbonyl (C=O) groups is 3. The lowest BCUT2D eigenvalue weighted by Gasteiger charge is -2.12. The molecule has 6 heteroatoms. The van der Waals surface area contributed by atoms with Crippen molar-refractivity contribution in [1.29, 1.82) is 0 Å². The molecule has 0 saturated carbocycles. The summed E-state index contributed by atoms with van der Waals surface area (Å²) in [6, 6.07) is -1.00. The Hall–Kier alpha value is -1.85. The summed E-state index contributed by atoms with van der Waals surface area (Å²) in [5.41, 5.74) is 4.89. The zero-order chi connectivity index (χ0) is 11.8. The van der Waals surface area contributed by atoms with Crippen LogP contribution < -0.4 is 11.1 Å². The quantitative estimate of drug-likeness (QED) is 0.491. The molecule has 0 bridgehead atoms. The van der Waals surface area contributed by atoms with E-state index in [0.717, 1.165) is 6.08 Å². The van der Waals surface area contributed by atoms with E-state index in [1.807, 2.05) is 0 Å². The first-order valence-corrected chi connectivity index (χ1v) is 4.41. The fourth-order valence-electron chi connectivity index (χ4n) is 0.968. The van der Waals surface area contributed by atoms with E-state index in [4.69, 9.17) is 10.8 Å². The van der Waals surface area contributed by atoms with Gasteiger partial charge in [0.15, 0.2) is 0 Å². The van der Waals surface area contributed by atoms with E-state index in [2.05, 4.69) is 11.9 Å². The Morgan fingerprint density at radius 2 is 2.07 bits per heavy atom. The predicted octanol–water partition coefficient (Wildman–Crippen LogP) is -0.603. The van der Waals surface area contributed by atoms with Gasteiger partial charge in [-0.25, -0.2) is 4.79 Å². The van der Waals surface area contributed by atoms with E-state index in [1.165, 1.54) is 0 Å². The number of primary amides is 1. The highest BCUT2D eigenvalue weighted by Gasteiger charge is 2.18. The SMILES string of the molecule is C=CC(=O)NC(CCCC(N)=O)C(=O)O. The molecule has 0 aromatic carbocycles. The third-order valence-corrected chi connectivity index (χ3v) is 1.72. The van der Waals surface area contributed by atoms with Gasteiger partial charge in [0.05, 0.1) is 0 Å². The number of hydrogen-bond donors (Lipinski definition) is 3. The minimum Gasteiger partial charge on any atom is -0.480 e. The molecule has 6 nitrogen and oxygen atoms in total. The molecule has 1 atom stereocenters. The van der Waals surface area contributed by atoms with Crippen molar-refractivity contribution in [1.82, 2.24) is 5.32 Å². The number of nitrogens with two attached hydrogens (primary N) is 1. The van der Waals surface area contributed by atoms with Crippen LogP contribution in [-0.2, 0) is 14.4 Å². The Balaban J connectivity index is 4.05. The number of amides is 2. The summed E-state index contributed by atoms with van der Waals surface area (Å²) in [6.45, 7) is 3.20. The molecule has 0 saturated heterocycles. The molecule has 0 aliphatic rings. The lowest BCUT2D eigenvalue weighted by molar-refractivity contribution is -0.141. The fourth-order valence-corrected chi connectivity index (χ4v) is 0.968. The lowest BCUT2D eigenvalue weighted by Crippen LogP contribution is -2.40. The average Bonchev–Trinajstić information content (AvgIpc) is 2.15. The first-order valence-electron chi connectivity index (χ1n) is 4.41. The van der Waals surface area contributed by atoms with E-state index in [0.29, 0.717) is 6.42 Å². The van der Waals surface area contributed by atoms with E-state index in [9.17, 15) is 14.4 Å². The molecule has 0 radical (unpaired) electrons. The molecule has 0 aliphatic heterocycles. The Kier molecular flexibility index (Phi) is 5.77. The maximum atomic E-state index is 10.8. The molecule has 15 heavy (non-hydrogen) atoms. The zero-order valence-electron chi connectivity index (χ0n) is 8.23. The van der Waals surface area contributed by atoms with Crippen LogP contribution in [0, 0.1) is 0 Å². The molecule has 0 aromatic rings. The second-order valence-electron chi connectivity index (χ2n) is 2.96. The van der Waals surface area contributed by atoms with Gasteiger partial charge in [-0.2, -0.15) is 0 Å². The highest BCUT2D eigenvalue weighted by Crippen LogP contribution is 2.01. The number of carboxylic acids is 1. The van der Waals surface area contributed by atoms with Gasteiger partial charge in [0, 0.05) is 6.42 Å². The minimum absolute atomic E-state index is 0.105. The number of aliphatic carboxylic acids is 1. The van der Waals surface area contributed by atoms with Crippen molar-refractivity contribution in [2.75, 3.05) is 0 Å². The molecule has 0 fully saturated rings. The highest BCUT2D eigenvalue weighted by atomic mass is 16.4. The van der Waals surface area contributed by atoms with Crippen LogP contribution >= 0.6 is 0 Å². The number of rotatable bonds is 7. The molecule has 0 rings (SSSR count). The van der Waals surface area contributed by atoms with Crippen molar-refractivity contribution >= 4 is 17.8 Å². The van der Waals surface area contributed by atoms with Crippen LogP contribution in [0.4, 0.5) is 0 Å². The fraction of sp³-hybridized carbons (Fsp3) is 0.444. The third-order valence-electron chi connectivity index (χ3n) is 1.72. The van der Waals surface area contributed by atoms with Gasteiger partial charge in [-0.05, 0) is 18.9 Å². The molecule has 4 N–H and O–H groups in total. The molecule has 0 heterocycles. The second-order valence-corrected chi connectivity index (χ2v) is 2.96. The molecule has 2 amide bonds. The van der Waals surface area contributed by atoms with Gasteiger partial charge in [-0.1, -0.05) is 6.58 Å². The van der Waals surface area contributed by atoms with Crippen LogP contribution in [0.25, 0.3) is 0 Å². The minimum atomic E-state index is -1.14. The van der Waals surface area contributed by atoms with Gasteiger partial charge in [-0.15, -0.1) is 0 Å². The third kappa shape index (κ3) is 6.25. The van der Waals surface area contributed by atoms with Gasteiger partial charge < -0.3 is 16.2 Å². The van der Waals surface area contributed by atoms with Gasteiger partial charge in [0.1, 0.15) is 6.04 Å². The van der Waals surface area contributed by atoms with Crippen molar-refractivity contribution in [3.8, 4) is 0 Å². The van der Waals surface area contributed by atoms with E-state index >= 15 is 0 Å². The van der Waals surface area contributed by atoms with Crippen molar-refractivity contribution in [2.45, 2.75) is 25.3 Å². The average molecular weight is 214 g/mol. The summed E-state index contributed by atoms with van der Waals surface area (Å²) >= 11 is 0. The summed E-state index contributed by atoms with van der Waals surface area (Å²) in [7, 11) is 0. The van der Waals surface area contributed by atoms with Crippen molar-refractivity contribution < 1.29 is 19.5 Å². The van der Waals surface area contributed by atoms with Crippen LogP contribution in [0.15, 0.2) is 12.7 Å². The van der Waals surface area contributed by atoms with E-state index in [-0.39, 0.29) is 12.8 Å². The Morgan fingerprint density at radius 3 is 2.47 bits per heavy atom. The van der Waals surface area contributed by atoms with Crippen LogP contribution in [0.5, 0.6) is 0 Å². The first-order chi connectivity index (χ1) is 6.97. The lowest BCUT2D eigenvalue weighted by atomic mass is 10.1. The van der Waals surface area contributed by atoms with Gasteiger partial charge in [0.2, 0.25) is 11.8 Å². The number of carboxylic acid groups (broad SMARTS) is 1. The predicted molar refractivity (Wildman–Crippen MR) is 52.8 cm³/mol. The molecule has 0 aliphatic carbocycles. The smallest absolute Gasteiger partial charge is 0.326 e. The number of hydrogen-bond acceptors (Lipinski definition) is 3. The Bertz CT molecular complexity index is 275. The second kappa shape index (κ2) is 6.58. The van der Waals surface area contributed by atoms with Crippen LogP contribution in [0.1, 0.15) is 19.3 Å². The van der Waals surface area contributed by atoms with Crippen molar-refractivity contribution in [3.63, 3.8) is 0 Å². The van der Waals surface area contributed by atoms with Crippen molar-refractivity contribution in [2.24, 2.45) is 5.73 Å². The first kappa shape index (κ1) is 13.2.